The maximum atomic E-state index is 12.8. The molecule has 6 heteroatoms. The van der Waals surface area contributed by atoms with Gasteiger partial charge in [0.05, 0.1) is 0 Å². The van der Waals surface area contributed by atoms with E-state index < -0.39 is 5.97 Å². The lowest BCUT2D eigenvalue weighted by molar-refractivity contribution is 0.0693. The summed E-state index contributed by atoms with van der Waals surface area (Å²) in [6.45, 7) is 2.17. The smallest absolute Gasteiger partial charge is 0.339 e. The van der Waals surface area contributed by atoms with Gasteiger partial charge >= 0.3 is 5.97 Å². The number of halogens is 1. The highest BCUT2D eigenvalue weighted by molar-refractivity contribution is 5.96. The van der Waals surface area contributed by atoms with Crippen molar-refractivity contribution in [2.75, 3.05) is 13.6 Å². The zero-order valence-electron chi connectivity index (χ0n) is 13.0. The van der Waals surface area contributed by atoms with Gasteiger partial charge in [0.15, 0.2) is 5.76 Å². The third-order valence-corrected chi connectivity index (χ3v) is 3.57. The normalized spacial score (nSPS) is 10.6. The van der Waals surface area contributed by atoms with Crippen LogP contribution in [0.5, 0.6) is 0 Å². The molecule has 0 fully saturated rings. The number of carboxylic acids is 1. The van der Waals surface area contributed by atoms with Crippen LogP contribution in [0.3, 0.4) is 0 Å². The van der Waals surface area contributed by atoms with Crippen molar-refractivity contribution in [1.82, 2.24) is 4.90 Å². The van der Waals surface area contributed by atoms with Gasteiger partial charge in [0, 0.05) is 26.1 Å². The van der Waals surface area contributed by atoms with Crippen LogP contribution in [0.2, 0.25) is 0 Å². The van der Waals surface area contributed by atoms with E-state index in [1.807, 2.05) is 0 Å². The van der Waals surface area contributed by atoms with Crippen LogP contribution in [0.4, 0.5) is 4.39 Å². The van der Waals surface area contributed by atoms with Gasteiger partial charge in [-0.05, 0) is 24.1 Å². The van der Waals surface area contributed by atoms with Crippen LogP contribution in [-0.4, -0.2) is 35.5 Å². The first-order valence-electron chi connectivity index (χ1n) is 7.28. The lowest BCUT2D eigenvalue weighted by atomic mass is 10.1. The zero-order chi connectivity index (χ0) is 17.0. The lowest BCUT2D eigenvalue weighted by Gasteiger charge is -2.15. The van der Waals surface area contributed by atoms with E-state index in [1.54, 1.807) is 26.1 Å². The van der Waals surface area contributed by atoms with E-state index in [2.05, 4.69) is 0 Å². The van der Waals surface area contributed by atoms with Crippen molar-refractivity contribution in [1.29, 1.82) is 0 Å². The topological polar surface area (TPSA) is 70.8 Å². The van der Waals surface area contributed by atoms with Crippen LogP contribution in [0.1, 0.15) is 39.2 Å². The van der Waals surface area contributed by atoms with Crippen LogP contribution in [0, 0.1) is 5.82 Å². The quantitative estimate of drug-likeness (QED) is 0.888. The predicted octanol–water partition coefficient (Wildman–Crippen LogP) is 2.99. The molecule has 0 aliphatic carbocycles. The molecule has 5 nitrogen and oxygen atoms in total. The number of amides is 1. The van der Waals surface area contributed by atoms with Crippen molar-refractivity contribution in [2.24, 2.45) is 0 Å². The fourth-order valence-electron chi connectivity index (χ4n) is 2.22. The summed E-state index contributed by atoms with van der Waals surface area (Å²) in [7, 11) is 1.61. The summed E-state index contributed by atoms with van der Waals surface area (Å²) in [4.78, 5) is 24.9. The molecule has 0 aliphatic heterocycles. The summed E-state index contributed by atoms with van der Waals surface area (Å²) in [6.07, 6.45) is 0.962. The van der Waals surface area contributed by atoms with Crippen LogP contribution in [0.15, 0.2) is 34.7 Å². The Labute approximate surface area is 133 Å². The van der Waals surface area contributed by atoms with Crippen LogP contribution >= 0.6 is 0 Å². The number of carboxylic acid groups (broad SMARTS) is 1. The molecule has 0 atom stereocenters. The van der Waals surface area contributed by atoms with Crippen LogP contribution < -0.4 is 0 Å². The molecule has 0 unspecified atom stereocenters. The Hall–Kier alpha value is -2.63. The summed E-state index contributed by atoms with van der Waals surface area (Å²) in [6, 6.07) is 7.33. The predicted molar refractivity (Wildman–Crippen MR) is 82.1 cm³/mol. The minimum absolute atomic E-state index is 0.0147. The molecule has 1 amide bonds. The number of aromatic carboxylic acids is 1. The van der Waals surface area contributed by atoms with Gasteiger partial charge in [-0.3, -0.25) is 4.79 Å². The van der Waals surface area contributed by atoms with E-state index in [0.29, 0.717) is 19.4 Å². The fourth-order valence-corrected chi connectivity index (χ4v) is 2.22. The Morgan fingerprint density at radius 3 is 2.43 bits per heavy atom. The van der Waals surface area contributed by atoms with Crippen LogP contribution in [-0.2, 0) is 12.8 Å². The van der Waals surface area contributed by atoms with Crippen molar-refractivity contribution in [3.8, 4) is 0 Å². The summed E-state index contributed by atoms with van der Waals surface area (Å²) in [5.41, 5.74) is 0.925. The molecule has 0 saturated heterocycles. The summed E-state index contributed by atoms with van der Waals surface area (Å²) < 4.78 is 18.2. The number of benzene rings is 1. The molecule has 2 rings (SSSR count). The molecule has 0 saturated carbocycles. The average molecular weight is 319 g/mol. The molecule has 23 heavy (non-hydrogen) atoms. The van der Waals surface area contributed by atoms with Gasteiger partial charge in [0.2, 0.25) is 0 Å². The average Bonchev–Trinajstić information content (AvgIpc) is 2.98. The van der Waals surface area contributed by atoms with Crippen molar-refractivity contribution in [3.63, 3.8) is 0 Å². The first kappa shape index (κ1) is 16.7. The van der Waals surface area contributed by atoms with Gasteiger partial charge in [0.1, 0.15) is 17.1 Å². The van der Waals surface area contributed by atoms with E-state index >= 15 is 0 Å². The van der Waals surface area contributed by atoms with Crippen molar-refractivity contribution in [3.05, 3.63) is 58.8 Å². The van der Waals surface area contributed by atoms with Gasteiger partial charge in [-0.2, -0.15) is 0 Å². The summed E-state index contributed by atoms with van der Waals surface area (Å²) in [5, 5.41) is 9.09. The molecule has 0 bridgehead atoms. The molecular weight excluding hydrogens is 301 g/mol. The molecule has 1 aromatic heterocycles. The van der Waals surface area contributed by atoms with Gasteiger partial charge in [-0.25, -0.2) is 9.18 Å². The Kier molecular flexibility index (Phi) is 5.16. The largest absolute Gasteiger partial charge is 0.478 e. The monoisotopic (exact) mass is 319 g/mol. The number of carbonyl (C=O) groups is 2. The molecule has 1 heterocycles. The SMILES string of the molecule is CCc1oc(C(=O)N(C)CCc2ccc(F)cc2)cc1C(=O)O. The Morgan fingerprint density at radius 1 is 1.26 bits per heavy atom. The Bertz CT molecular complexity index is 706. The van der Waals surface area contributed by atoms with Crippen molar-refractivity contribution in [2.45, 2.75) is 19.8 Å². The molecule has 1 aromatic carbocycles. The number of hydrogen-bond acceptors (Lipinski definition) is 3. The summed E-state index contributed by atoms with van der Waals surface area (Å²) >= 11 is 0. The zero-order valence-corrected chi connectivity index (χ0v) is 13.0. The second kappa shape index (κ2) is 7.09. The maximum absolute atomic E-state index is 12.8. The molecular formula is C17H18FNO4. The lowest BCUT2D eigenvalue weighted by Crippen LogP contribution is -2.28. The molecule has 0 aliphatic rings. The second-order valence-corrected chi connectivity index (χ2v) is 5.21. The van der Waals surface area contributed by atoms with Gasteiger partial charge in [-0.15, -0.1) is 0 Å². The third-order valence-electron chi connectivity index (χ3n) is 3.57. The van der Waals surface area contributed by atoms with E-state index in [9.17, 15) is 14.0 Å². The number of hydrogen-bond donors (Lipinski definition) is 1. The highest BCUT2D eigenvalue weighted by Gasteiger charge is 2.22. The first-order valence-corrected chi connectivity index (χ1v) is 7.28. The van der Waals surface area contributed by atoms with E-state index in [1.165, 1.54) is 23.1 Å². The van der Waals surface area contributed by atoms with E-state index in [0.717, 1.165) is 5.56 Å². The first-order chi connectivity index (χ1) is 10.9. The molecule has 0 radical (unpaired) electrons. The van der Waals surface area contributed by atoms with Crippen molar-refractivity contribution < 1.29 is 23.5 Å². The fraction of sp³-hybridized carbons (Fsp3) is 0.294. The number of likely N-dealkylation sites (N-methyl/N-ethyl adjacent to an activating group) is 1. The van der Waals surface area contributed by atoms with E-state index in [-0.39, 0.29) is 28.8 Å². The highest BCUT2D eigenvalue weighted by Crippen LogP contribution is 2.18. The van der Waals surface area contributed by atoms with Crippen LogP contribution in [0.25, 0.3) is 0 Å². The number of nitrogens with zero attached hydrogens (tertiary/aromatic N) is 1. The number of aryl methyl sites for hydroxylation is 1. The summed E-state index contributed by atoms with van der Waals surface area (Å²) in [5.74, 6) is -1.50. The van der Waals surface area contributed by atoms with E-state index in [4.69, 9.17) is 9.52 Å². The third kappa shape index (κ3) is 3.97. The highest BCUT2D eigenvalue weighted by atomic mass is 19.1. The Morgan fingerprint density at radius 2 is 1.91 bits per heavy atom. The van der Waals surface area contributed by atoms with Gasteiger partial charge < -0.3 is 14.4 Å². The molecule has 2 aromatic rings. The van der Waals surface area contributed by atoms with Crippen molar-refractivity contribution >= 4 is 11.9 Å². The molecule has 1 N–H and O–H groups in total. The minimum Gasteiger partial charge on any atom is -0.478 e. The van der Waals surface area contributed by atoms with Gasteiger partial charge in [-0.1, -0.05) is 19.1 Å². The standard InChI is InChI=1S/C17H18FNO4/c1-3-14-13(17(21)22)10-15(23-14)16(20)19(2)9-8-11-4-6-12(18)7-5-11/h4-7,10H,3,8-9H2,1-2H3,(H,21,22). The molecule has 0 spiro atoms. The van der Waals surface area contributed by atoms with Gasteiger partial charge in [0.25, 0.3) is 5.91 Å². The number of rotatable bonds is 6. The maximum Gasteiger partial charge on any atom is 0.339 e. The Balaban J connectivity index is 2.04. The second-order valence-electron chi connectivity index (χ2n) is 5.21. The number of carbonyl (C=O) groups excluding carboxylic acids is 1. The minimum atomic E-state index is -1.11. The number of furan rings is 1. The molecule has 122 valence electrons.